The molecule has 2 aromatic carbocycles. The number of fused-ring (bicyclic) bond motifs is 1. The van der Waals surface area contributed by atoms with Crippen LogP contribution in [0.25, 0.3) is 22.3 Å². The van der Waals surface area contributed by atoms with Crippen molar-refractivity contribution >= 4 is 28.6 Å². The third kappa shape index (κ3) is 4.71. The van der Waals surface area contributed by atoms with Crippen molar-refractivity contribution in [2.75, 3.05) is 10.6 Å². The minimum atomic E-state index is -0.671. The fraction of sp³-hybridized carbons (Fsp3) is 0.160. The quantitative estimate of drug-likeness (QED) is 0.282. The minimum absolute atomic E-state index is 0.0245. The lowest BCUT2D eigenvalue weighted by Gasteiger charge is -2.13. The van der Waals surface area contributed by atoms with Crippen LogP contribution >= 0.6 is 0 Å². The van der Waals surface area contributed by atoms with Gasteiger partial charge >= 0.3 is 6.03 Å². The lowest BCUT2D eigenvalue weighted by atomic mass is 9.93. The van der Waals surface area contributed by atoms with Gasteiger partial charge in [0, 0.05) is 23.1 Å². The Bertz CT molecular complexity index is 1550. The summed E-state index contributed by atoms with van der Waals surface area (Å²) in [5.41, 5.74) is 1.62. The smallest absolute Gasteiger partial charge is 0.325 e. The molecule has 0 spiro atoms. The number of aromatic nitrogens is 5. The zero-order chi connectivity index (χ0) is 25.3. The number of hydrogen-bond acceptors (Lipinski definition) is 7. The van der Waals surface area contributed by atoms with Gasteiger partial charge in [0.2, 0.25) is 0 Å². The third-order valence-corrected chi connectivity index (χ3v) is 5.30. The molecule has 0 unspecified atom stereocenters. The van der Waals surface area contributed by atoms with Crippen molar-refractivity contribution in [2.45, 2.75) is 26.2 Å². The fourth-order valence-corrected chi connectivity index (χ4v) is 3.48. The number of urea groups is 1. The largest absolute Gasteiger partial charge is 0.457 e. The van der Waals surface area contributed by atoms with Crippen LogP contribution in [0, 0.1) is 5.82 Å². The molecule has 0 radical (unpaired) electrons. The van der Waals surface area contributed by atoms with E-state index in [1.807, 2.05) is 32.9 Å². The SMILES string of the molecule is CC(C)(C)c1cc(NC(=O)Nc2ccc(Oc3ccccc3-c3ncnc4[nH]ncc34)cc2F)no1. The lowest BCUT2D eigenvalue weighted by Crippen LogP contribution is -2.20. The van der Waals surface area contributed by atoms with E-state index < -0.39 is 11.8 Å². The van der Waals surface area contributed by atoms with Crippen LogP contribution < -0.4 is 15.4 Å². The van der Waals surface area contributed by atoms with Crippen LogP contribution in [0.4, 0.5) is 20.7 Å². The molecule has 10 nitrogen and oxygen atoms in total. The van der Waals surface area contributed by atoms with Crippen LogP contribution in [-0.2, 0) is 5.41 Å². The van der Waals surface area contributed by atoms with E-state index in [9.17, 15) is 9.18 Å². The van der Waals surface area contributed by atoms with Gasteiger partial charge in [0.05, 0.1) is 23.0 Å². The van der Waals surface area contributed by atoms with Crippen molar-refractivity contribution in [3.05, 3.63) is 72.6 Å². The zero-order valence-corrected chi connectivity index (χ0v) is 19.7. The Kier molecular flexibility index (Phi) is 5.80. The maximum Gasteiger partial charge on any atom is 0.325 e. The second-order valence-corrected chi connectivity index (χ2v) is 9.00. The summed E-state index contributed by atoms with van der Waals surface area (Å²) in [6.07, 6.45) is 3.07. The van der Waals surface area contributed by atoms with Gasteiger partial charge in [-0.1, -0.05) is 38.1 Å². The number of benzene rings is 2. The summed E-state index contributed by atoms with van der Waals surface area (Å²) in [5, 5.41) is 16.4. The number of aromatic amines is 1. The zero-order valence-electron chi connectivity index (χ0n) is 19.7. The summed E-state index contributed by atoms with van der Waals surface area (Å²) in [4.78, 5) is 20.9. The normalized spacial score (nSPS) is 11.4. The number of H-pyrrole nitrogens is 1. The highest BCUT2D eigenvalue weighted by atomic mass is 19.1. The van der Waals surface area contributed by atoms with E-state index in [4.69, 9.17) is 9.26 Å². The molecule has 0 aliphatic rings. The molecule has 0 aliphatic heterocycles. The molecule has 182 valence electrons. The van der Waals surface area contributed by atoms with Crippen LogP contribution in [0.3, 0.4) is 0 Å². The molecule has 5 aromatic rings. The molecule has 2 amide bonds. The number of carbonyl (C=O) groups excluding carboxylic acids is 1. The molecule has 0 saturated heterocycles. The number of nitrogens with zero attached hydrogens (tertiary/aromatic N) is 4. The Labute approximate surface area is 204 Å². The number of nitrogens with one attached hydrogen (secondary N) is 3. The standard InChI is InChI=1S/C25H22FN7O3/c1-25(2,3)20-11-21(33-36-20)31-24(34)30-18-9-8-14(10-17(18)26)35-19-7-5-4-6-15(19)22-16-12-29-32-23(16)28-13-27-22/h4-13H,1-3H3,(H,27,28,29,32)(H2,30,31,33,34). The van der Waals surface area contributed by atoms with E-state index in [1.54, 1.807) is 30.5 Å². The number of halogens is 1. The van der Waals surface area contributed by atoms with Crippen LogP contribution in [0.2, 0.25) is 0 Å². The molecular weight excluding hydrogens is 465 g/mol. The molecule has 0 aliphatic carbocycles. The summed E-state index contributed by atoms with van der Waals surface area (Å²) in [5.74, 6) is 0.883. The molecule has 5 rings (SSSR count). The highest BCUT2D eigenvalue weighted by Gasteiger charge is 2.21. The summed E-state index contributed by atoms with van der Waals surface area (Å²) < 4.78 is 26.0. The highest BCUT2D eigenvalue weighted by Crippen LogP contribution is 2.35. The summed E-state index contributed by atoms with van der Waals surface area (Å²) in [6, 6.07) is 12.4. The Morgan fingerprint density at radius 2 is 1.92 bits per heavy atom. The van der Waals surface area contributed by atoms with Crippen LogP contribution in [0.15, 0.2) is 65.6 Å². The number of rotatable bonds is 5. The molecule has 3 N–H and O–H groups in total. The molecule has 36 heavy (non-hydrogen) atoms. The predicted octanol–water partition coefficient (Wildman–Crippen LogP) is 5.88. The number of hydrogen-bond donors (Lipinski definition) is 3. The van der Waals surface area contributed by atoms with Crippen LogP contribution in [0.1, 0.15) is 26.5 Å². The van der Waals surface area contributed by atoms with Crippen LogP contribution in [0.5, 0.6) is 11.5 Å². The summed E-state index contributed by atoms with van der Waals surface area (Å²) in [6.45, 7) is 5.88. The molecule has 3 heterocycles. The van der Waals surface area contributed by atoms with Crippen molar-refractivity contribution in [3.8, 4) is 22.8 Å². The van der Waals surface area contributed by atoms with Gasteiger partial charge in [-0.05, 0) is 24.3 Å². The average Bonchev–Trinajstić information content (AvgIpc) is 3.51. The topological polar surface area (TPSA) is 131 Å². The highest BCUT2D eigenvalue weighted by molar-refractivity contribution is 5.99. The van der Waals surface area contributed by atoms with Crippen molar-refractivity contribution in [2.24, 2.45) is 0 Å². The molecule has 0 bridgehead atoms. The van der Waals surface area contributed by atoms with Crippen molar-refractivity contribution in [1.29, 1.82) is 0 Å². The first-order valence-electron chi connectivity index (χ1n) is 11.0. The molecule has 3 aromatic heterocycles. The van der Waals surface area contributed by atoms with E-state index in [0.29, 0.717) is 28.4 Å². The number of ether oxygens (including phenoxy) is 1. The van der Waals surface area contributed by atoms with E-state index >= 15 is 0 Å². The average molecular weight is 487 g/mol. The number of anilines is 2. The fourth-order valence-electron chi connectivity index (χ4n) is 3.48. The summed E-state index contributed by atoms with van der Waals surface area (Å²) in [7, 11) is 0. The van der Waals surface area contributed by atoms with Gasteiger partial charge in [0.1, 0.15) is 29.4 Å². The summed E-state index contributed by atoms with van der Waals surface area (Å²) >= 11 is 0. The first kappa shape index (κ1) is 23.0. The van der Waals surface area contributed by atoms with Crippen molar-refractivity contribution < 1.29 is 18.4 Å². The van der Waals surface area contributed by atoms with Gasteiger partial charge in [-0.15, -0.1) is 0 Å². The van der Waals surface area contributed by atoms with Crippen molar-refractivity contribution in [1.82, 2.24) is 25.3 Å². The van der Waals surface area contributed by atoms with Gasteiger partial charge < -0.3 is 14.6 Å². The van der Waals surface area contributed by atoms with Crippen LogP contribution in [-0.4, -0.2) is 31.4 Å². The van der Waals surface area contributed by atoms with E-state index in [2.05, 4.69) is 36.0 Å². The van der Waals surface area contributed by atoms with E-state index in [-0.39, 0.29) is 22.7 Å². The molecule has 11 heteroatoms. The first-order valence-corrected chi connectivity index (χ1v) is 11.0. The van der Waals surface area contributed by atoms with Gasteiger partial charge in [0.15, 0.2) is 11.5 Å². The first-order chi connectivity index (χ1) is 17.3. The second-order valence-electron chi connectivity index (χ2n) is 9.00. The van der Waals surface area contributed by atoms with Gasteiger partial charge in [-0.3, -0.25) is 10.4 Å². The van der Waals surface area contributed by atoms with E-state index in [0.717, 1.165) is 5.39 Å². The van der Waals surface area contributed by atoms with Gasteiger partial charge in [-0.25, -0.2) is 19.2 Å². The molecule has 0 saturated carbocycles. The second kappa shape index (κ2) is 9.10. The number of amides is 2. The molecular formula is C25H22FN7O3. The molecule has 0 atom stereocenters. The predicted molar refractivity (Wildman–Crippen MR) is 131 cm³/mol. The monoisotopic (exact) mass is 487 g/mol. The number of para-hydroxylation sites is 1. The third-order valence-electron chi connectivity index (χ3n) is 5.30. The van der Waals surface area contributed by atoms with Crippen molar-refractivity contribution in [3.63, 3.8) is 0 Å². The minimum Gasteiger partial charge on any atom is -0.457 e. The maximum absolute atomic E-state index is 14.8. The lowest BCUT2D eigenvalue weighted by molar-refractivity contribution is 0.261. The number of carbonyl (C=O) groups is 1. The Hall–Kier alpha value is -4.80. The van der Waals surface area contributed by atoms with Gasteiger partial charge in [0.25, 0.3) is 0 Å². The Balaban J connectivity index is 1.32. The Morgan fingerprint density at radius 1 is 1.08 bits per heavy atom. The van der Waals surface area contributed by atoms with E-state index in [1.165, 1.54) is 18.5 Å². The maximum atomic E-state index is 14.8. The van der Waals surface area contributed by atoms with Gasteiger partial charge in [-0.2, -0.15) is 5.10 Å². The molecule has 0 fully saturated rings. The Morgan fingerprint density at radius 3 is 2.69 bits per heavy atom.